The Bertz CT molecular complexity index is 507. The Kier molecular flexibility index (Phi) is 3.42. The van der Waals surface area contributed by atoms with Gasteiger partial charge in [-0.25, -0.2) is 0 Å². The van der Waals surface area contributed by atoms with Crippen LogP contribution in [0.1, 0.15) is 62.8 Å². The van der Waals surface area contributed by atoms with Crippen LogP contribution in [0.4, 0.5) is 0 Å². The molecule has 1 unspecified atom stereocenters. The molecule has 0 aromatic heterocycles. The molecule has 1 fully saturated rings. The predicted molar refractivity (Wildman–Crippen MR) is 83.1 cm³/mol. The van der Waals surface area contributed by atoms with E-state index < -0.39 is 0 Å². The van der Waals surface area contributed by atoms with Crippen molar-refractivity contribution in [2.45, 2.75) is 64.5 Å². The Hall–Kier alpha value is -0.860. The van der Waals surface area contributed by atoms with Crippen molar-refractivity contribution in [2.75, 3.05) is 13.2 Å². The second-order valence-electron chi connectivity index (χ2n) is 7.58. The molecule has 0 bridgehead atoms. The maximum atomic E-state index is 5.74. The molecule has 1 aromatic carbocycles. The van der Waals surface area contributed by atoms with E-state index in [1.54, 1.807) is 0 Å². The molecule has 2 aliphatic rings. The van der Waals surface area contributed by atoms with Crippen LogP contribution in [0.2, 0.25) is 0 Å². The van der Waals surface area contributed by atoms with E-state index in [0.29, 0.717) is 0 Å². The summed E-state index contributed by atoms with van der Waals surface area (Å²) in [4.78, 5) is 0. The highest BCUT2D eigenvalue weighted by Gasteiger charge is 2.34. The van der Waals surface area contributed by atoms with E-state index >= 15 is 0 Å². The zero-order valence-electron chi connectivity index (χ0n) is 13.3. The maximum absolute atomic E-state index is 5.74. The molecule has 0 amide bonds. The van der Waals surface area contributed by atoms with E-state index in [0.717, 1.165) is 26.2 Å². The summed E-state index contributed by atoms with van der Waals surface area (Å²) in [6.07, 6.45) is 3.56. The van der Waals surface area contributed by atoms with E-state index in [2.05, 4.69) is 45.1 Å². The summed E-state index contributed by atoms with van der Waals surface area (Å²) in [5.74, 6) is 0. The summed E-state index contributed by atoms with van der Waals surface area (Å²) in [7, 11) is 0. The van der Waals surface area contributed by atoms with Crippen LogP contribution < -0.4 is 5.32 Å². The quantitative estimate of drug-likeness (QED) is 0.843. The van der Waals surface area contributed by atoms with Gasteiger partial charge in [-0.2, -0.15) is 0 Å². The van der Waals surface area contributed by atoms with Crippen LogP contribution >= 0.6 is 0 Å². The van der Waals surface area contributed by atoms with Crippen LogP contribution in [0.15, 0.2) is 12.1 Å². The number of fused-ring (bicyclic) bond motifs is 1. The van der Waals surface area contributed by atoms with Gasteiger partial charge >= 0.3 is 0 Å². The molecular weight excluding hydrogens is 246 g/mol. The van der Waals surface area contributed by atoms with Gasteiger partial charge in [0.1, 0.15) is 0 Å². The molecule has 0 radical (unpaired) electrons. The summed E-state index contributed by atoms with van der Waals surface area (Å²) < 4.78 is 5.74. The van der Waals surface area contributed by atoms with E-state index in [1.165, 1.54) is 35.1 Å². The van der Waals surface area contributed by atoms with Gasteiger partial charge in [0.25, 0.3) is 0 Å². The summed E-state index contributed by atoms with van der Waals surface area (Å²) in [5, 5.41) is 3.72. The highest BCUT2D eigenvalue weighted by Crippen LogP contribution is 2.38. The van der Waals surface area contributed by atoms with Gasteiger partial charge in [0.05, 0.1) is 13.2 Å². The fourth-order valence-corrected chi connectivity index (χ4v) is 3.53. The van der Waals surface area contributed by atoms with Crippen molar-refractivity contribution < 1.29 is 4.74 Å². The minimum absolute atomic E-state index is 0.131. The number of hydrogen-bond acceptors (Lipinski definition) is 2. The molecule has 2 heterocycles. The minimum Gasteiger partial charge on any atom is -0.376 e. The third kappa shape index (κ3) is 2.40. The number of nitrogens with one attached hydrogen (secondary N) is 1. The largest absolute Gasteiger partial charge is 0.376 e. The summed E-state index contributed by atoms with van der Waals surface area (Å²) in [6.45, 7) is 12.1. The average Bonchev–Trinajstić information content (AvgIpc) is 2.84. The smallest absolute Gasteiger partial charge is 0.0723 e. The molecule has 20 heavy (non-hydrogen) atoms. The van der Waals surface area contributed by atoms with Gasteiger partial charge in [0.2, 0.25) is 0 Å². The summed E-state index contributed by atoms with van der Waals surface area (Å²) in [5.41, 5.74) is 6.23. The Morgan fingerprint density at radius 1 is 1.25 bits per heavy atom. The molecule has 3 rings (SSSR count). The number of rotatable bonds is 1. The first-order valence-electron chi connectivity index (χ1n) is 7.90. The first kappa shape index (κ1) is 14.1. The van der Waals surface area contributed by atoms with Crippen molar-refractivity contribution in [1.82, 2.24) is 5.32 Å². The molecule has 0 saturated carbocycles. The van der Waals surface area contributed by atoms with Crippen molar-refractivity contribution >= 4 is 0 Å². The van der Waals surface area contributed by atoms with Crippen LogP contribution in [0.5, 0.6) is 0 Å². The number of hydrogen-bond donors (Lipinski definition) is 1. The van der Waals surface area contributed by atoms with Gasteiger partial charge in [0, 0.05) is 5.54 Å². The molecule has 1 saturated heterocycles. The van der Waals surface area contributed by atoms with Gasteiger partial charge in [-0.1, -0.05) is 32.9 Å². The third-order valence-electron chi connectivity index (χ3n) is 4.93. The molecule has 2 nitrogen and oxygen atoms in total. The fraction of sp³-hybridized carbons (Fsp3) is 0.667. The summed E-state index contributed by atoms with van der Waals surface area (Å²) in [6, 6.07) is 4.85. The SMILES string of the molecule is CC(C)(C)c1cc2c(c(C3(C)CCCN3)c1)COCC2. The van der Waals surface area contributed by atoms with E-state index in [-0.39, 0.29) is 11.0 Å². The minimum atomic E-state index is 0.131. The van der Waals surface area contributed by atoms with Crippen LogP contribution in [0.25, 0.3) is 0 Å². The Morgan fingerprint density at radius 3 is 2.70 bits per heavy atom. The van der Waals surface area contributed by atoms with Crippen LogP contribution in [-0.2, 0) is 28.7 Å². The lowest BCUT2D eigenvalue weighted by Gasteiger charge is -2.33. The second-order valence-corrected chi connectivity index (χ2v) is 7.58. The molecule has 1 aromatic rings. The summed E-state index contributed by atoms with van der Waals surface area (Å²) >= 11 is 0. The molecule has 1 N–H and O–H groups in total. The highest BCUT2D eigenvalue weighted by atomic mass is 16.5. The molecule has 2 heteroatoms. The average molecular weight is 273 g/mol. The number of benzene rings is 1. The second kappa shape index (κ2) is 4.85. The molecule has 1 atom stereocenters. The first-order chi connectivity index (χ1) is 9.40. The van der Waals surface area contributed by atoms with Gasteiger partial charge in [-0.3, -0.25) is 0 Å². The van der Waals surface area contributed by atoms with Crippen molar-refractivity contribution in [3.63, 3.8) is 0 Å². The van der Waals surface area contributed by atoms with Gasteiger partial charge in [0.15, 0.2) is 0 Å². The lowest BCUT2D eigenvalue weighted by Crippen LogP contribution is -2.36. The topological polar surface area (TPSA) is 21.3 Å². The Balaban J connectivity index is 2.15. The predicted octanol–water partition coefficient (Wildman–Crippen LogP) is 3.66. The molecule has 110 valence electrons. The lowest BCUT2D eigenvalue weighted by molar-refractivity contribution is 0.108. The van der Waals surface area contributed by atoms with Crippen LogP contribution in [0.3, 0.4) is 0 Å². The Labute approximate surface area is 122 Å². The van der Waals surface area contributed by atoms with Crippen molar-refractivity contribution in [3.8, 4) is 0 Å². The zero-order chi connectivity index (χ0) is 14.4. The van der Waals surface area contributed by atoms with Crippen molar-refractivity contribution in [1.29, 1.82) is 0 Å². The molecule has 2 aliphatic heterocycles. The van der Waals surface area contributed by atoms with Crippen molar-refractivity contribution in [3.05, 3.63) is 34.4 Å². The Morgan fingerprint density at radius 2 is 2.05 bits per heavy atom. The van der Waals surface area contributed by atoms with Crippen molar-refractivity contribution in [2.24, 2.45) is 0 Å². The number of ether oxygens (including phenoxy) is 1. The molecular formula is C18H27NO. The van der Waals surface area contributed by atoms with E-state index in [9.17, 15) is 0 Å². The van der Waals surface area contributed by atoms with Gasteiger partial charge < -0.3 is 10.1 Å². The fourth-order valence-electron chi connectivity index (χ4n) is 3.53. The first-order valence-corrected chi connectivity index (χ1v) is 7.90. The van der Waals surface area contributed by atoms with E-state index in [4.69, 9.17) is 4.74 Å². The molecule has 0 spiro atoms. The normalized spacial score (nSPS) is 26.6. The van der Waals surface area contributed by atoms with E-state index in [1.807, 2.05) is 0 Å². The van der Waals surface area contributed by atoms with Crippen LogP contribution in [-0.4, -0.2) is 13.2 Å². The third-order valence-corrected chi connectivity index (χ3v) is 4.93. The van der Waals surface area contributed by atoms with Crippen LogP contribution in [0, 0.1) is 0 Å². The maximum Gasteiger partial charge on any atom is 0.0723 e. The van der Waals surface area contributed by atoms with Gasteiger partial charge in [-0.05, 0) is 60.4 Å². The zero-order valence-corrected chi connectivity index (χ0v) is 13.3. The van der Waals surface area contributed by atoms with Gasteiger partial charge in [-0.15, -0.1) is 0 Å². The lowest BCUT2D eigenvalue weighted by atomic mass is 9.77. The monoisotopic (exact) mass is 273 g/mol. The molecule has 0 aliphatic carbocycles. The standard InChI is InChI=1S/C18H27NO/c1-17(2,3)14-10-13-6-9-20-12-15(13)16(11-14)18(4)7-5-8-19-18/h10-11,19H,5-9,12H2,1-4H3. The highest BCUT2D eigenvalue weighted by molar-refractivity contribution is 5.46.